The monoisotopic (exact) mass is 498 g/mol. The lowest BCUT2D eigenvalue weighted by molar-refractivity contribution is 0.0981. The van der Waals surface area contributed by atoms with Gasteiger partial charge in [-0.2, -0.15) is 13.4 Å². The van der Waals surface area contributed by atoms with Gasteiger partial charge in [-0.05, 0) is 62.1 Å². The number of nitrogens with zero attached hydrogens (tertiary/aromatic N) is 3. The van der Waals surface area contributed by atoms with Crippen LogP contribution >= 0.6 is 0 Å². The summed E-state index contributed by atoms with van der Waals surface area (Å²) in [5.41, 5.74) is 0.625. The summed E-state index contributed by atoms with van der Waals surface area (Å²) >= 11 is 0. The van der Waals surface area contributed by atoms with Crippen LogP contribution in [-0.4, -0.2) is 36.4 Å². The summed E-state index contributed by atoms with van der Waals surface area (Å²) in [7, 11) is -4.29. The Morgan fingerprint density at radius 1 is 1.17 bits per heavy atom. The van der Waals surface area contributed by atoms with Gasteiger partial charge in [-0.15, -0.1) is 0 Å². The molecule has 1 fully saturated rings. The number of sulfonamides is 1. The van der Waals surface area contributed by atoms with E-state index >= 15 is 0 Å². The molecule has 8 nitrogen and oxygen atoms in total. The van der Waals surface area contributed by atoms with Gasteiger partial charge < -0.3 is 9.64 Å². The highest BCUT2D eigenvalue weighted by atomic mass is 32.2. The van der Waals surface area contributed by atoms with Crippen LogP contribution in [0.4, 0.5) is 10.2 Å². The zero-order chi connectivity index (χ0) is 25.2. The van der Waals surface area contributed by atoms with Gasteiger partial charge in [-0.3, -0.25) is 4.79 Å². The van der Waals surface area contributed by atoms with E-state index in [1.165, 1.54) is 30.3 Å². The van der Waals surface area contributed by atoms with E-state index in [0.29, 0.717) is 23.8 Å². The van der Waals surface area contributed by atoms with Crippen LogP contribution in [0.2, 0.25) is 0 Å². The summed E-state index contributed by atoms with van der Waals surface area (Å²) in [5, 5.41) is -0.358. The van der Waals surface area contributed by atoms with E-state index in [4.69, 9.17) is 4.74 Å². The van der Waals surface area contributed by atoms with Crippen molar-refractivity contribution in [1.29, 1.82) is 0 Å². The third-order valence-electron chi connectivity index (χ3n) is 6.47. The first-order chi connectivity index (χ1) is 16.6. The highest BCUT2D eigenvalue weighted by molar-refractivity contribution is 7.90. The Morgan fingerprint density at radius 3 is 2.60 bits per heavy atom. The molecule has 2 aromatic heterocycles. The summed E-state index contributed by atoms with van der Waals surface area (Å²) in [5.74, 6) is -0.275. The van der Waals surface area contributed by atoms with Crippen molar-refractivity contribution in [1.82, 2.24) is 14.7 Å². The van der Waals surface area contributed by atoms with Crippen LogP contribution < -0.4 is 14.4 Å². The Hall–Kier alpha value is -3.53. The molecule has 0 bridgehead atoms. The van der Waals surface area contributed by atoms with Crippen LogP contribution in [0, 0.1) is 11.7 Å². The van der Waals surface area contributed by atoms with Crippen molar-refractivity contribution < 1.29 is 22.3 Å². The molecule has 1 N–H and O–H groups in total. The Kier molecular flexibility index (Phi) is 6.75. The number of nitrogens with one attached hydrogen (secondary N) is 1. The number of ether oxygens (including phenoxy) is 1. The van der Waals surface area contributed by atoms with Gasteiger partial charge in [-0.25, -0.2) is 14.1 Å². The first kappa shape index (κ1) is 24.6. The third-order valence-corrected chi connectivity index (χ3v) is 7.71. The predicted octanol–water partition coefficient (Wildman–Crippen LogP) is 3.94. The van der Waals surface area contributed by atoms with E-state index in [0.717, 1.165) is 6.42 Å². The molecule has 3 heterocycles. The van der Waals surface area contributed by atoms with E-state index < -0.39 is 15.9 Å². The molecule has 1 aliphatic rings. The average Bonchev–Trinajstić information content (AvgIpc) is 3.10. The van der Waals surface area contributed by atoms with Gasteiger partial charge in [0.15, 0.2) is 5.03 Å². The Bertz CT molecular complexity index is 1330. The molecule has 0 spiro atoms. The molecule has 0 saturated carbocycles. The number of carbonyl (C=O) groups excluding carboxylic acids is 1. The first-order valence-electron chi connectivity index (χ1n) is 11.2. The lowest BCUT2D eigenvalue weighted by atomic mass is 9.90. The molecular formula is C25H27FN4O4S. The van der Waals surface area contributed by atoms with Gasteiger partial charge in [-0.1, -0.05) is 25.1 Å². The topological polar surface area (TPSA) is 101 Å². The molecule has 1 saturated heterocycles. The maximum absolute atomic E-state index is 13.1. The van der Waals surface area contributed by atoms with Crippen LogP contribution in [0.3, 0.4) is 0 Å². The fraction of sp³-hybridized carbons (Fsp3) is 0.320. The summed E-state index contributed by atoms with van der Waals surface area (Å²) in [6.45, 7) is 7.10. The lowest BCUT2D eigenvalue weighted by Crippen LogP contribution is -2.43. The molecule has 184 valence electrons. The smallest absolute Gasteiger partial charge is 0.281 e. The number of carbonyl (C=O) groups is 1. The molecule has 1 amide bonds. The van der Waals surface area contributed by atoms with Crippen molar-refractivity contribution in [2.75, 3.05) is 11.4 Å². The van der Waals surface area contributed by atoms with Gasteiger partial charge in [0, 0.05) is 24.3 Å². The SMILES string of the molecule is CC1CCN(c2ncccc2C(=O)NS(=O)(=O)c2cccc(OCc3ccc(F)cc3)n2)C1(C)C. The second-order valence-electron chi connectivity index (χ2n) is 9.03. The summed E-state index contributed by atoms with van der Waals surface area (Å²) in [6, 6.07) is 13.1. The number of aromatic nitrogens is 2. The predicted molar refractivity (Wildman–Crippen MR) is 129 cm³/mol. The molecule has 35 heavy (non-hydrogen) atoms. The molecule has 0 radical (unpaired) electrons. The van der Waals surface area contributed by atoms with Crippen molar-refractivity contribution in [3.8, 4) is 5.88 Å². The number of amides is 1. The fourth-order valence-corrected chi connectivity index (χ4v) is 4.92. The van der Waals surface area contributed by atoms with Gasteiger partial charge in [0.2, 0.25) is 5.88 Å². The number of halogens is 1. The second kappa shape index (κ2) is 9.61. The van der Waals surface area contributed by atoms with E-state index in [1.54, 1.807) is 30.5 Å². The normalized spacial score (nSPS) is 17.3. The van der Waals surface area contributed by atoms with Crippen LogP contribution in [0.5, 0.6) is 5.88 Å². The van der Waals surface area contributed by atoms with Crippen molar-refractivity contribution in [3.63, 3.8) is 0 Å². The van der Waals surface area contributed by atoms with Crippen molar-refractivity contribution in [3.05, 3.63) is 77.7 Å². The number of pyridine rings is 2. The van der Waals surface area contributed by atoms with Crippen molar-refractivity contribution in [2.24, 2.45) is 5.92 Å². The molecule has 3 aromatic rings. The van der Waals surface area contributed by atoms with Gasteiger partial charge >= 0.3 is 0 Å². The van der Waals surface area contributed by atoms with Crippen LogP contribution in [0.15, 0.2) is 65.8 Å². The minimum atomic E-state index is -4.29. The number of hydrogen-bond acceptors (Lipinski definition) is 7. The average molecular weight is 499 g/mol. The lowest BCUT2D eigenvalue weighted by Gasteiger charge is -2.36. The summed E-state index contributed by atoms with van der Waals surface area (Å²) < 4.78 is 46.7. The molecule has 4 rings (SSSR count). The minimum absolute atomic E-state index is 0.0551. The van der Waals surface area contributed by atoms with Crippen LogP contribution in [0.1, 0.15) is 43.1 Å². The highest BCUT2D eigenvalue weighted by Gasteiger charge is 2.40. The zero-order valence-electron chi connectivity index (χ0n) is 19.7. The van der Waals surface area contributed by atoms with Crippen LogP contribution in [0.25, 0.3) is 0 Å². The number of benzene rings is 1. The van der Waals surface area contributed by atoms with E-state index in [1.807, 2.05) is 4.90 Å². The maximum Gasteiger partial charge on any atom is 0.281 e. The van der Waals surface area contributed by atoms with Crippen molar-refractivity contribution >= 4 is 21.7 Å². The van der Waals surface area contributed by atoms with Crippen molar-refractivity contribution in [2.45, 2.75) is 44.4 Å². The largest absolute Gasteiger partial charge is 0.473 e. The summed E-state index contributed by atoms with van der Waals surface area (Å²) in [6.07, 6.45) is 2.53. The minimum Gasteiger partial charge on any atom is -0.473 e. The van der Waals surface area contributed by atoms with E-state index in [9.17, 15) is 17.6 Å². The van der Waals surface area contributed by atoms with E-state index in [2.05, 4.69) is 35.5 Å². The van der Waals surface area contributed by atoms with E-state index in [-0.39, 0.29) is 34.4 Å². The molecule has 1 aliphatic heterocycles. The Morgan fingerprint density at radius 2 is 1.91 bits per heavy atom. The molecule has 0 aliphatic carbocycles. The number of rotatable bonds is 7. The van der Waals surface area contributed by atoms with Gasteiger partial charge in [0.05, 0.1) is 5.56 Å². The van der Waals surface area contributed by atoms with Crippen LogP contribution in [-0.2, 0) is 16.6 Å². The number of anilines is 1. The Balaban J connectivity index is 1.52. The molecule has 1 aromatic carbocycles. The third kappa shape index (κ3) is 5.27. The van der Waals surface area contributed by atoms with Gasteiger partial charge in [0.25, 0.3) is 15.9 Å². The Labute approximate surface area is 204 Å². The molecular weight excluding hydrogens is 471 g/mol. The summed E-state index contributed by atoms with van der Waals surface area (Å²) in [4.78, 5) is 23.6. The zero-order valence-corrected chi connectivity index (χ0v) is 20.5. The number of hydrogen-bond donors (Lipinski definition) is 1. The molecule has 1 atom stereocenters. The van der Waals surface area contributed by atoms with Gasteiger partial charge in [0.1, 0.15) is 18.2 Å². The first-order valence-corrected chi connectivity index (χ1v) is 12.7. The quantitative estimate of drug-likeness (QED) is 0.527. The fourth-order valence-electron chi connectivity index (χ4n) is 3.99. The highest BCUT2D eigenvalue weighted by Crippen LogP contribution is 2.38. The molecule has 1 unspecified atom stereocenters. The standard InChI is InChI=1S/C25H27FN4O4S/c1-17-13-15-30(25(17,2)3)23-20(6-5-14-27-23)24(31)29-35(32,33)22-8-4-7-21(28-22)34-16-18-9-11-19(26)12-10-18/h4-12,14,17H,13,15-16H2,1-3H3,(H,29,31). The maximum atomic E-state index is 13.1. The second-order valence-corrected chi connectivity index (χ2v) is 10.7. The molecule has 10 heteroatoms.